The quantitative estimate of drug-likeness (QED) is 0.388. The summed E-state index contributed by atoms with van der Waals surface area (Å²) < 4.78 is 0. The second-order valence-electron chi connectivity index (χ2n) is 5.96. The maximum Gasteiger partial charge on any atom is 0.224 e. The maximum absolute atomic E-state index is 11.3. The first-order valence-electron chi connectivity index (χ1n) is 7.81. The summed E-state index contributed by atoms with van der Waals surface area (Å²) in [5, 5.41) is 6.47. The smallest absolute Gasteiger partial charge is 0.224 e. The van der Waals surface area contributed by atoms with Gasteiger partial charge in [-0.3, -0.25) is 9.79 Å². The molecular formula is C17H28N4O. The number of nitrogens with zero attached hydrogens (tertiary/aromatic N) is 1. The van der Waals surface area contributed by atoms with Crippen LogP contribution in [0, 0.1) is 5.41 Å². The van der Waals surface area contributed by atoms with Crippen LogP contribution in [0.2, 0.25) is 0 Å². The van der Waals surface area contributed by atoms with E-state index in [-0.39, 0.29) is 5.91 Å². The predicted octanol–water partition coefficient (Wildman–Crippen LogP) is 1.69. The first-order chi connectivity index (χ1) is 10.5. The van der Waals surface area contributed by atoms with Crippen molar-refractivity contribution >= 4 is 11.9 Å². The fourth-order valence-corrected chi connectivity index (χ4v) is 1.84. The summed E-state index contributed by atoms with van der Waals surface area (Å²) in [6.45, 7) is 7.60. The number of benzene rings is 1. The highest BCUT2D eigenvalue weighted by atomic mass is 16.1. The summed E-state index contributed by atoms with van der Waals surface area (Å²) in [7, 11) is 0. The van der Waals surface area contributed by atoms with Crippen molar-refractivity contribution in [3.63, 3.8) is 0 Å². The van der Waals surface area contributed by atoms with Gasteiger partial charge in [0.25, 0.3) is 0 Å². The maximum atomic E-state index is 11.3. The minimum Gasteiger partial charge on any atom is -0.369 e. The lowest BCUT2D eigenvalue weighted by atomic mass is 9.93. The van der Waals surface area contributed by atoms with Crippen molar-refractivity contribution in [2.24, 2.45) is 16.1 Å². The van der Waals surface area contributed by atoms with E-state index in [4.69, 9.17) is 5.73 Å². The van der Waals surface area contributed by atoms with Gasteiger partial charge in [-0.05, 0) is 39.2 Å². The van der Waals surface area contributed by atoms with Gasteiger partial charge in [0.1, 0.15) is 0 Å². The number of aliphatic imine (C=N–C) groups is 1. The monoisotopic (exact) mass is 304 g/mol. The summed E-state index contributed by atoms with van der Waals surface area (Å²) in [6.07, 6.45) is 2.05. The first-order valence-corrected chi connectivity index (χ1v) is 7.81. The number of amides is 1. The third-order valence-electron chi connectivity index (χ3n) is 3.42. The summed E-state index contributed by atoms with van der Waals surface area (Å²) in [4.78, 5) is 15.8. The standard InChI is InChI=1S/C17H28N4O/c1-4-19-16(21-13-17(2,3)15(18)22)20-12-8-11-14-9-6-5-7-10-14/h5-7,9-10H,4,8,11-13H2,1-3H3,(H2,18,22)(H2,19,20,21). The van der Waals surface area contributed by atoms with Crippen LogP contribution in [-0.4, -0.2) is 31.5 Å². The molecule has 1 aromatic carbocycles. The Morgan fingerprint density at radius 3 is 2.50 bits per heavy atom. The molecule has 22 heavy (non-hydrogen) atoms. The Hall–Kier alpha value is -2.04. The van der Waals surface area contributed by atoms with Crippen LogP contribution in [0.4, 0.5) is 0 Å². The normalized spacial score (nSPS) is 12.0. The average molecular weight is 304 g/mol. The van der Waals surface area contributed by atoms with E-state index >= 15 is 0 Å². The van der Waals surface area contributed by atoms with Crippen LogP contribution in [0.1, 0.15) is 32.8 Å². The van der Waals surface area contributed by atoms with E-state index in [2.05, 4.69) is 39.9 Å². The SMILES string of the molecule is CCNC(=NCC(C)(C)C(N)=O)NCCCc1ccccc1. The van der Waals surface area contributed by atoms with E-state index in [0.717, 1.165) is 31.9 Å². The van der Waals surface area contributed by atoms with E-state index in [0.29, 0.717) is 6.54 Å². The number of guanidine groups is 1. The van der Waals surface area contributed by atoms with Crippen LogP contribution in [0.25, 0.3) is 0 Å². The Balaban J connectivity index is 2.42. The number of hydrogen-bond donors (Lipinski definition) is 3. The summed E-state index contributed by atoms with van der Waals surface area (Å²) in [6, 6.07) is 10.4. The number of aryl methyl sites for hydroxylation is 1. The molecule has 0 saturated heterocycles. The van der Waals surface area contributed by atoms with Crippen LogP contribution >= 0.6 is 0 Å². The number of rotatable bonds is 8. The van der Waals surface area contributed by atoms with Gasteiger partial charge >= 0.3 is 0 Å². The number of carbonyl (C=O) groups is 1. The molecule has 4 N–H and O–H groups in total. The molecule has 122 valence electrons. The van der Waals surface area contributed by atoms with Gasteiger partial charge < -0.3 is 16.4 Å². The molecule has 0 bridgehead atoms. The third-order valence-corrected chi connectivity index (χ3v) is 3.42. The van der Waals surface area contributed by atoms with Crippen molar-refractivity contribution in [2.45, 2.75) is 33.6 Å². The van der Waals surface area contributed by atoms with Gasteiger partial charge in [0.2, 0.25) is 5.91 Å². The second-order valence-corrected chi connectivity index (χ2v) is 5.96. The molecule has 0 fully saturated rings. The van der Waals surface area contributed by atoms with E-state index in [9.17, 15) is 4.79 Å². The Morgan fingerprint density at radius 1 is 1.23 bits per heavy atom. The van der Waals surface area contributed by atoms with E-state index in [1.54, 1.807) is 13.8 Å². The molecular weight excluding hydrogens is 276 g/mol. The number of primary amides is 1. The largest absolute Gasteiger partial charge is 0.369 e. The van der Waals surface area contributed by atoms with Crippen molar-refractivity contribution in [1.82, 2.24) is 10.6 Å². The van der Waals surface area contributed by atoms with Gasteiger partial charge in [0.05, 0.1) is 12.0 Å². The highest BCUT2D eigenvalue weighted by molar-refractivity contribution is 5.82. The molecule has 0 radical (unpaired) electrons. The summed E-state index contributed by atoms with van der Waals surface area (Å²) >= 11 is 0. The number of carbonyl (C=O) groups excluding carboxylic acids is 1. The van der Waals surface area contributed by atoms with Gasteiger partial charge in [-0.25, -0.2) is 0 Å². The Labute approximate surface area is 133 Å². The van der Waals surface area contributed by atoms with Crippen molar-refractivity contribution < 1.29 is 4.79 Å². The van der Waals surface area contributed by atoms with Crippen molar-refractivity contribution in [1.29, 1.82) is 0 Å². The van der Waals surface area contributed by atoms with Crippen LogP contribution in [0.3, 0.4) is 0 Å². The van der Waals surface area contributed by atoms with E-state index in [1.807, 2.05) is 13.0 Å². The minimum atomic E-state index is -0.633. The minimum absolute atomic E-state index is 0.337. The molecule has 0 spiro atoms. The highest BCUT2D eigenvalue weighted by Crippen LogP contribution is 2.13. The molecule has 0 aliphatic heterocycles. The zero-order valence-electron chi connectivity index (χ0n) is 13.9. The Kier molecular flexibility index (Phi) is 7.43. The van der Waals surface area contributed by atoms with Gasteiger partial charge in [0, 0.05) is 13.1 Å². The van der Waals surface area contributed by atoms with Crippen molar-refractivity contribution in [3.05, 3.63) is 35.9 Å². The summed E-state index contributed by atoms with van der Waals surface area (Å²) in [5.41, 5.74) is 6.07. The van der Waals surface area contributed by atoms with Gasteiger partial charge in [-0.15, -0.1) is 0 Å². The molecule has 0 aliphatic rings. The lowest BCUT2D eigenvalue weighted by Crippen LogP contribution is -2.40. The molecule has 0 saturated carbocycles. The first kappa shape index (κ1) is 18.0. The third kappa shape index (κ3) is 6.61. The van der Waals surface area contributed by atoms with Crippen molar-refractivity contribution in [3.8, 4) is 0 Å². The van der Waals surface area contributed by atoms with Gasteiger partial charge in [0.15, 0.2) is 5.96 Å². The fourth-order valence-electron chi connectivity index (χ4n) is 1.84. The zero-order valence-corrected chi connectivity index (χ0v) is 13.9. The van der Waals surface area contributed by atoms with Crippen LogP contribution in [-0.2, 0) is 11.2 Å². The van der Waals surface area contributed by atoms with Gasteiger partial charge in [-0.2, -0.15) is 0 Å². The number of nitrogens with two attached hydrogens (primary N) is 1. The zero-order chi connectivity index (χ0) is 16.4. The Morgan fingerprint density at radius 2 is 1.91 bits per heavy atom. The van der Waals surface area contributed by atoms with Crippen LogP contribution < -0.4 is 16.4 Å². The molecule has 0 aliphatic carbocycles. The Bertz CT molecular complexity index is 483. The molecule has 5 heteroatoms. The number of nitrogens with one attached hydrogen (secondary N) is 2. The van der Waals surface area contributed by atoms with Crippen molar-refractivity contribution in [2.75, 3.05) is 19.6 Å². The van der Waals surface area contributed by atoms with Gasteiger partial charge in [-0.1, -0.05) is 30.3 Å². The second kappa shape index (κ2) is 9.07. The lowest BCUT2D eigenvalue weighted by molar-refractivity contribution is -0.125. The molecule has 1 amide bonds. The topological polar surface area (TPSA) is 79.5 Å². The molecule has 0 unspecified atom stereocenters. The van der Waals surface area contributed by atoms with Crippen LogP contribution in [0.15, 0.2) is 35.3 Å². The predicted molar refractivity (Wildman–Crippen MR) is 91.7 cm³/mol. The molecule has 0 atom stereocenters. The highest BCUT2D eigenvalue weighted by Gasteiger charge is 2.24. The number of hydrogen-bond acceptors (Lipinski definition) is 2. The summed E-state index contributed by atoms with van der Waals surface area (Å²) in [5.74, 6) is 0.390. The van der Waals surface area contributed by atoms with E-state index in [1.165, 1.54) is 5.56 Å². The molecule has 1 rings (SSSR count). The molecule has 0 aromatic heterocycles. The van der Waals surface area contributed by atoms with Crippen LogP contribution in [0.5, 0.6) is 0 Å². The average Bonchev–Trinajstić information content (AvgIpc) is 2.50. The van der Waals surface area contributed by atoms with E-state index < -0.39 is 5.41 Å². The fraction of sp³-hybridized carbons (Fsp3) is 0.529. The molecule has 0 heterocycles. The molecule has 1 aromatic rings. The lowest BCUT2D eigenvalue weighted by Gasteiger charge is -2.19. The molecule has 5 nitrogen and oxygen atoms in total.